The van der Waals surface area contributed by atoms with Gasteiger partial charge in [0.2, 0.25) is 0 Å². The number of benzene rings is 10. The molecule has 2 unspecified atom stereocenters. The molecule has 0 saturated heterocycles. The van der Waals surface area contributed by atoms with Gasteiger partial charge < -0.3 is 4.90 Å². The van der Waals surface area contributed by atoms with E-state index in [-0.39, 0.29) is 11.8 Å². The minimum absolute atomic E-state index is 0.224. The Hall–Kier alpha value is -8.00. The van der Waals surface area contributed by atoms with Gasteiger partial charge in [0.1, 0.15) is 0 Å². The summed E-state index contributed by atoms with van der Waals surface area (Å²) < 4.78 is 0. The molecule has 0 fully saturated rings. The van der Waals surface area contributed by atoms with Gasteiger partial charge in [-0.05, 0) is 112 Å². The van der Waals surface area contributed by atoms with E-state index in [1.54, 1.807) is 0 Å². The van der Waals surface area contributed by atoms with Crippen molar-refractivity contribution in [3.63, 3.8) is 0 Å². The van der Waals surface area contributed by atoms with Gasteiger partial charge in [-0.2, -0.15) is 0 Å². The number of rotatable bonds is 7. The summed E-state index contributed by atoms with van der Waals surface area (Å²) in [4.78, 5) is 2.43. The standard InChI is InChI=1S/C62H43N/c1-3-19-43(20-4-1)59-50-25-9-13-29-54(50)61(55-30-14-10-26-51(55)59)45-34-38-47(39-35-45)63(58-33-17-23-42-18-7-8-24-49(42)58)48-40-36-46(37-41-48)62-56-31-15-11-27-52(56)60(44-21-5-2-6-22-44)53-28-12-16-32-57(53)62/h1-41,50,54H. The molecule has 0 radical (unpaired) electrons. The summed E-state index contributed by atoms with van der Waals surface area (Å²) in [5.74, 6) is 0.470. The van der Waals surface area contributed by atoms with E-state index < -0.39 is 0 Å². The fraction of sp³-hybridized carbons (Fsp3) is 0.0323. The van der Waals surface area contributed by atoms with Crippen LogP contribution >= 0.6 is 0 Å². The van der Waals surface area contributed by atoms with Crippen molar-refractivity contribution in [2.75, 3.05) is 4.90 Å². The van der Waals surface area contributed by atoms with Gasteiger partial charge in [0.05, 0.1) is 5.69 Å². The van der Waals surface area contributed by atoms with Gasteiger partial charge in [-0.1, -0.05) is 218 Å². The number of allylic oxidation sites excluding steroid dienone is 4. The van der Waals surface area contributed by atoms with Gasteiger partial charge in [0.15, 0.2) is 0 Å². The molecule has 10 aromatic rings. The molecule has 2 aliphatic carbocycles. The Morgan fingerprint density at radius 2 is 0.667 bits per heavy atom. The van der Waals surface area contributed by atoms with E-state index in [1.165, 1.54) is 87.3 Å². The number of hydrogen-bond donors (Lipinski definition) is 0. The maximum absolute atomic E-state index is 2.43. The van der Waals surface area contributed by atoms with Crippen molar-refractivity contribution in [3.05, 3.63) is 270 Å². The third kappa shape index (κ3) is 6.24. The summed E-state index contributed by atoms with van der Waals surface area (Å²) in [5.41, 5.74) is 13.7. The fourth-order valence-electron chi connectivity index (χ4n) is 10.5. The number of anilines is 3. The lowest BCUT2D eigenvalue weighted by molar-refractivity contribution is 0.686. The lowest BCUT2D eigenvalue weighted by Crippen LogP contribution is -2.40. The van der Waals surface area contributed by atoms with Crippen LogP contribution in [-0.4, -0.2) is 0 Å². The van der Waals surface area contributed by atoms with Crippen LogP contribution in [0, 0.1) is 11.8 Å². The monoisotopic (exact) mass is 801 g/mol. The maximum atomic E-state index is 2.43. The zero-order valence-electron chi connectivity index (χ0n) is 34.8. The first kappa shape index (κ1) is 36.8. The molecule has 0 bridgehead atoms. The second-order valence-electron chi connectivity index (χ2n) is 16.7. The first-order valence-electron chi connectivity index (χ1n) is 22.0. The molecule has 0 heterocycles. The van der Waals surface area contributed by atoms with Crippen LogP contribution in [0.2, 0.25) is 0 Å². The minimum Gasteiger partial charge on any atom is -0.310 e. The average molecular weight is 802 g/mol. The summed E-state index contributed by atoms with van der Waals surface area (Å²) in [6.45, 7) is 0. The van der Waals surface area contributed by atoms with E-state index in [4.69, 9.17) is 0 Å². The smallest absolute Gasteiger partial charge is 0.0540 e. The van der Waals surface area contributed by atoms with Crippen LogP contribution in [0.1, 0.15) is 11.1 Å². The summed E-state index contributed by atoms with van der Waals surface area (Å²) in [7, 11) is 0. The van der Waals surface area contributed by atoms with Crippen molar-refractivity contribution in [1.29, 1.82) is 0 Å². The molecule has 12 rings (SSSR count). The predicted molar refractivity (Wildman–Crippen MR) is 267 cm³/mol. The highest BCUT2D eigenvalue weighted by atomic mass is 15.1. The molecule has 10 aromatic carbocycles. The summed E-state index contributed by atoms with van der Waals surface area (Å²) in [5, 5.41) is 10.1. The van der Waals surface area contributed by atoms with E-state index in [0.717, 1.165) is 17.1 Å². The third-order valence-corrected chi connectivity index (χ3v) is 13.2. The Kier molecular flexibility index (Phi) is 9.04. The second-order valence-corrected chi connectivity index (χ2v) is 16.7. The summed E-state index contributed by atoms with van der Waals surface area (Å²) in [6.07, 6.45) is 9.24. The molecular formula is C62H43N. The van der Waals surface area contributed by atoms with Gasteiger partial charge in [0.25, 0.3) is 0 Å². The fourth-order valence-corrected chi connectivity index (χ4v) is 10.5. The Bertz CT molecular complexity index is 3480. The summed E-state index contributed by atoms with van der Waals surface area (Å²) in [6, 6.07) is 82.5. The van der Waals surface area contributed by atoms with Crippen molar-refractivity contribution in [3.8, 4) is 22.3 Å². The number of fused-ring (bicyclic) bond motifs is 5. The van der Waals surface area contributed by atoms with Crippen LogP contribution in [0.25, 0.3) is 65.7 Å². The van der Waals surface area contributed by atoms with Crippen LogP contribution in [0.5, 0.6) is 0 Å². The quantitative estimate of drug-likeness (QED) is 0.145. The van der Waals surface area contributed by atoms with Crippen LogP contribution in [0.4, 0.5) is 17.1 Å². The van der Waals surface area contributed by atoms with Crippen LogP contribution in [0.3, 0.4) is 0 Å². The molecule has 0 N–H and O–H groups in total. The average Bonchev–Trinajstić information content (AvgIpc) is 3.36. The highest BCUT2D eigenvalue weighted by molar-refractivity contribution is 6.21. The first-order chi connectivity index (χ1) is 31.3. The Balaban J connectivity index is 1.01. The normalized spacial score (nSPS) is 15.4. The molecular weight excluding hydrogens is 759 g/mol. The predicted octanol–water partition coefficient (Wildman–Crippen LogP) is 14.7. The Morgan fingerprint density at radius 1 is 0.286 bits per heavy atom. The molecule has 296 valence electrons. The molecule has 2 aliphatic rings. The molecule has 2 atom stereocenters. The molecule has 63 heavy (non-hydrogen) atoms. The molecule has 1 nitrogen and oxygen atoms in total. The van der Waals surface area contributed by atoms with Gasteiger partial charge in [-0.3, -0.25) is 0 Å². The van der Waals surface area contributed by atoms with E-state index in [9.17, 15) is 0 Å². The van der Waals surface area contributed by atoms with Crippen LogP contribution in [-0.2, 0) is 0 Å². The third-order valence-electron chi connectivity index (χ3n) is 13.2. The van der Waals surface area contributed by atoms with Gasteiger partial charge in [0, 0.05) is 28.6 Å². The lowest BCUT2D eigenvalue weighted by atomic mass is 9.70. The van der Waals surface area contributed by atoms with Crippen molar-refractivity contribution < 1.29 is 0 Å². The second kappa shape index (κ2) is 15.5. The first-order valence-corrected chi connectivity index (χ1v) is 22.0. The zero-order chi connectivity index (χ0) is 41.7. The van der Waals surface area contributed by atoms with E-state index >= 15 is 0 Å². The molecule has 0 amide bonds. The molecule has 0 saturated carbocycles. The van der Waals surface area contributed by atoms with E-state index in [0.29, 0.717) is 0 Å². The highest BCUT2D eigenvalue weighted by Crippen LogP contribution is 2.46. The maximum Gasteiger partial charge on any atom is 0.0540 e. The van der Waals surface area contributed by atoms with E-state index in [2.05, 4.69) is 254 Å². The lowest BCUT2D eigenvalue weighted by Gasteiger charge is -2.33. The molecule has 0 aliphatic heterocycles. The van der Waals surface area contributed by atoms with Gasteiger partial charge in [-0.15, -0.1) is 0 Å². The molecule has 0 spiro atoms. The Morgan fingerprint density at radius 3 is 1.19 bits per heavy atom. The van der Waals surface area contributed by atoms with Gasteiger partial charge in [-0.25, -0.2) is 0 Å². The number of hydrogen-bond acceptors (Lipinski definition) is 1. The molecule has 0 aromatic heterocycles. The largest absolute Gasteiger partial charge is 0.310 e. The van der Waals surface area contributed by atoms with Crippen molar-refractivity contribution in [2.24, 2.45) is 11.8 Å². The summed E-state index contributed by atoms with van der Waals surface area (Å²) >= 11 is 0. The SMILES string of the molecule is C1=CC2C(c3ccccc3)=c3ccccc3=C(c3ccc(N(c4ccc(-c5c6ccccc6c(-c6ccccc6)c6ccccc56)cc4)c4cccc5ccccc45)cc3)C2C=C1. The van der Waals surface area contributed by atoms with Crippen molar-refractivity contribution >= 4 is 60.5 Å². The zero-order valence-corrected chi connectivity index (χ0v) is 34.8. The number of nitrogens with zero attached hydrogens (tertiary/aromatic N) is 1. The minimum atomic E-state index is 0.224. The highest BCUT2D eigenvalue weighted by Gasteiger charge is 2.32. The van der Waals surface area contributed by atoms with Crippen molar-refractivity contribution in [1.82, 2.24) is 0 Å². The van der Waals surface area contributed by atoms with Crippen LogP contribution < -0.4 is 15.3 Å². The van der Waals surface area contributed by atoms with Crippen molar-refractivity contribution in [2.45, 2.75) is 0 Å². The topological polar surface area (TPSA) is 3.24 Å². The molecule has 1 heteroatoms. The van der Waals surface area contributed by atoms with Gasteiger partial charge >= 0.3 is 0 Å². The van der Waals surface area contributed by atoms with Crippen LogP contribution in [0.15, 0.2) is 249 Å². The van der Waals surface area contributed by atoms with E-state index in [1.807, 2.05) is 0 Å². The Labute approximate surface area is 368 Å².